The summed E-state index contributed by atoms with van der Waals surface area (Å²) in [5.41, 5.74) is 5.71. The van der Waals surface area contributed by atoms with Crippen LogP contribution in [0.1, 0.15) is 33.7 Å². The minimum absolute atomic E-state index is 0.0121. The van der Waals surface area contributed by atoms with Crippen molar-refractivity contribution in [2.24, 2.45) is 5.73 Å². The van der Waals surface area contributed by atoms with Crippen molar-refractivity contribution in [3.63, 3.8) is 0 Å². The molecule has 0 aromatic carbocycles. The average Bonchev–Trinajstić information content (AvgIpc) is 3.04. The average molecular weight is 343 g/mol. The van der Waals surface area contributed by atoms with Gasteiger partial charge in [0.05, 0.1) is 18.6 Å². The summed E-state index contributed by atoms with van der Waals surface area (Å²) in [6.07, 6.45) is 3.85. The maximum atomic E-state index is 12.1. The minimum atomic E-state index is -3.71. The minimum Gasteiger partial charge on any atom is -0.365 e. The largest absolute Gasteiger partial charge is 0.365 e. The van der Waals surface area contributed by atoms with Gasteiger partial charge >= 0.3 is 0 Å². The predicted molar refractivity (Wildman–Crippen MR) is 81.9 cm³/mol. The lowest BCUT2D eigenvalue weighted by Crippen LogP contribution is -2.23. The van der Waals surface area contributed by atoms with Crippen LogP contribution in [0.3, 0.4) is 0 Å². The fourth-order valence-corrected chi connectivity index (χ4v) is 3.73. The highest BCUT2D eigenvalue weighted by Crippen LogP contribution is 2.17. The van der Waals surface area contributed by atoms with Gasteiger partial charge in [0.25, 0.3) is 15.9 Å². The first-order valence-corrected chi connectivity index (χ1v) is 8.91. The Hall–Kier alpha value is -1.78. The molecule has 2 heterocycles. The molecule has 120 valence electrons. The molecule has 0 aliphatic carbocycles. The van der Waals surface area contributed by atoms with Crippen LogP contribution in [0.5, 0.6) is 0 Å². The van der Waals surface area contributed by atoms with Crippen molar-refractivity contribution in [2.75, 3.05) is 0 Å². The van der Waals surface area contributed by atoms with E-state index in [0.29, 0.717) is 22.1 Å². The summed E-state index contributed by atoms with van der Waals surface area (Å²) in [6.45, 7) is 4.34. The molecule has 0 aliphatic rings. The number of carbonyl (C=O) groups is 1. The number of nitrogens with two attached hydrogens (primary N) is 1. The van der Waals surface area contributed by atoms with Crippen molar-refractivity contribution in [3.8, 4) is 0 Å². The molecule has 0 fully saturated rings. The second-order valence-corrected chi connectivity index (χ2v) is 7.46. The van der Waals surface area contributed by atoms with Crippen molar-refractivity contribution in [1.82, 2.24) is 19.3 Å². The van der Waals surface area contributed by atoms with Crippen molar-refractivity contribution in [2.45, 2.75) is 38.4 Å². The zero-order chi connectivity index (χ0) is 16.3. The molecule has 0 aliphatic heterocycles. The Balaban J connectivity index is 2.09. The smallest absolute Gasteiger partial charge is 0.260 e. The van der Waals surface area contributed by atoms with E-state index >= 15 is 0 Å². The molecule has 0 bridgehead atoms. The molecule has 0 spiro atoms. The topological polar surface area (TPSA) is 120 Å². The quantitative estimate of drug-likeness (QED) is 0.764. The van der Waals surface area contributed by atoms with Crippen LogP contribution in [0.15, 0.2) is 17.6 Å². The fourth-order valence-electron chi connectivity index (χ4n) is 1.85. The molecule has 22 heavy (non-hydrogen) atoms. The highest BCUT2D eigenvalue weighted by atomic mass is 32.2. The Morgan fingerprint density at radius 1 is 1.50 bits per heavy atom. The number of sulfonamides is 1. The Kier molecular flexibility index (Phi) is 4.94. The third-order valence-electron chi connectivity index (χ3n) is 2.84. The number of carbonyl (C=O) groups excluding carboxylic acids is 1. The maximum Gasteiger partial charge on any atom is 0.260 e. The van der Waals surface area contributed by atoms with Crippen LogP contribution in [0, 0.1) is 6.92 Å². The van der Waals surface area contributed by atoms with E-state index in [1.165, 1.54) is 12.5 Å². The van der Waals surface area contributed by atoms with Gasteiger partial charge in [-0.3, -0.25) is 4.79 Å². The second-order valence-electron chi connectivity index (χ2n) is 4.66. The van der Waals surface area contributed by atoms with E-state index in [1.54, 1.807) is 11.5 Å². The maximum absolute atomic E-state index is 12.1. The van der Waals surface area contributed by atoms with Gasteiger partial charge in [-0.1, -0.05) is 6.92 Å². The SMILES string of the molecule is CCCn1cnc(S(=O)(=O)NCc2nc(C)c(C(N)=O)s2)c1. The zero-order valence-corrected chi connectivity index (χ0v) is 13.9. The first kappa shape index (κ1) is 16.6. The molecule has 0 saturated heterocycles. The second kappa shape index (κ2) is 6.55. The molecular formula is C12H17N5O3S2. The molecule has 2 aromatic rings. The van der Waals surface area contributed by atoms with Crippen LogP contribution in [0.25, 0.3) is 0 Å². The Labute approximate surface area is 132 Å². The van der Waals surface area contributed by atoms with Crippen molar-refractivity contribution in [1.29, 1.82) is 0 Å². The number of rotatable bonds is 7. The molecular weight excluding hydrogens is 326 g/mol. The first-order valence-electron chi connectivity index (χ1n) is 6.61. The lowest BCUT2D eigenvalue weighted by atomic mass is 10.4. The van der Waals surface area contributed by atoms with Gasteiger partial charge in [0.2, 0.25) is 0 Å². The zero-order valence-electron chi connectivity index (χ0n) is 12.2. The Morgan fingerprint density at radius 2 is 2.23 bits per heavy atom. The van der Waals surface area contributed by atoms with Crippen molar-refractivity contribution >= 4 is 27.3 Å². The molecule has 0 atom stereocenters. The predicted octanol–water partition coefficient (Wildman–Crippen LogP) is 0.635. The van der Waals surface area contributed by atoms with Gasteiger partial charge in [-0.25, -0.2) is 23.1 Å². The lowest BCUT2D eigenvalue weighted by molar-refractivity contribution is 0.100. The molecule has 1 amide bonds. The third kappa shape index (κ3) is 3.70. The molecule has 2 aromatic heterocycles. The summed E-state index contributed by atoms with van der Waals surface area (Å²) >= 11 is 1.08. The molecule has 2 rings (SSSR count). The molecule has 8 nitrogen and oxygen atoms in total. The number of nitrogens with zero attached hydrogens (tertiary/aromatic N) is 3. The van der Waals surface area contributed by atoms with Crippen LogP contribution in [-0.4, -0.2) is 28.9 Å². The van der Waals surface area contributed by atoms with Crippen LogP contribution < -0.4 is 10.5 Å². The Bertz CT molecular complexity index is 779. The standard InChI is InChI=1S/C12H17N5O3S2/c1-3-4-17-6-10(14-7-17)22(19,20)15-5-9-16-8(2)11(21-9)12(13)18/h6-7,15H,3-5H2,1-2H3,(H2,13,18). The summed E-state index contributed by atoms with van der Waals surface area (Å²) < 4.78 is 28.4. The number of hydrogen-bond acceptors (Lipinski definition) is 6. The highest BCUT2D eigenvalue weighted by molar-refractivity contribution is 7.89. The van der Waals surface area contributed by atoms with Gasteiger partial charge in [0.15, 0.2) is 5.03 Å². The van der Waals surface area contributed by atoms with Crippen LogP contribution >= 0.6 is 11.3 Å². The highest BCUT2D eigenvalue weighted by Gasteiger charge is 2.19. The number of amides is 1. The molecule has 0 unspecified atom stereocenters. The number of aromatic nitrogens is 3. The van der Waals surface area contributed by atoms with E-state index in [2.05, 4.69) is 14.7 Å². The monoisotopic (exact) mass is 343 g/mol. The Morgan fingerprint density at radius 3 is 2.82 bits per heavy atom. The van der Waals surface area contributed by atoms with E-state index in [-0.39, 0.29) is 11.6 Å². The fraction of sp³-hybridized carbons (Fsp3) is 0.417. The van der Waals surface area contributed by atoms with Gasteiger partial charge in [-0.05, 0) is 13.3 Å². The molecule has 0 saturated carbocycles. The van der Waals surface area contributed by atoms with E-state index < -0.39 is 15.9 Å². The molecule has 3 N–H and O–H groups in total. The third-order valence-corrected chi connectivity index (χ3v) is 5.30. The number of nitrogens with one attached hydrogen (secondary N) is 1. The number of thiazole rings is 1. The van der Waals surface area contributed by atoms with Gasteiger partial charge in [-0.15, -0.1) is 11.3 Å². The van der Waals surface area contributed by atoms with Crippen molar-refractivity contribution < 1.29 is 13.2 Å². The summed E-state index contributed by atoms with van der Waals surface area (Å²) in [7, 11) is -3.71. The number of hydrogen-bond donors (Lipinski definition) is 2. The van der Waals surface area contributed by atoms with E-state index in [0.717, 1.165) is 17.8 Å². The first-order chi connectivity index (χ1) is 10.3. The van der Waals surface area contributed by atoms with E-state index in [1.807, 2.05) is 6.92 Å². The number of primary amides is 1. The lowest BCUT2D eigenvalue weighted by Gasteiger charge is -2.01. The van der Waals surface area contributed by atoms with Crippen molar-refractivity contribution in [3.05, 3.63) is 28.1 Å². The normalized spacial score (nSPS) is 11.7. The summed E-state index contributed by atoms with van der Waals surface area (Å²) in [6, 6.07) is 0. The number of aryl methyl sites for hydroxylation is 2. The summed E-state index contributed by atoms with van der Waals surface area (Å²) in [5, 5.41) is 0.437. The van der Waals surface area contributed by atoms with Gasteiger partial charge < -0.3 is 10.3 Å². The molecule has 10 heteroatoms. The van der Waals surface area contributed by atoms with Gasteiger partial charge in [0, 0.05) is 12.7 Å². The van der Waals surface area contributed by atoms with Crippen LogP contribution in [-0.2, 0) is 23.1 Å². The van der Waals surface area contributed by atoms with E-state index in [4.69, 9.17) is 5.73 Å². The molecule has 0 radical (unpaired) electrons. The van der Waals surface area contributed by atoms with E-state index in [9.17, 15) is 13.2 Å². The summed E-state index contributed by atoms with van der Waals surface area (Å²) in [5.74, 6) is -0.567. The van der Waals surface area contributed by atoms with Crippen LogP contribution in [0.2, 0.25) is 0 Å². The van der Waals surface area contributed by atoms with Gasteiger partial charge in [0.1, 0.15) is 9.88 Å². The van der Waals surface area contributed by atoms with Gasteiger partial charge in [-0.2, -0.15) is 0 Å². The summed E-state index contributed by atoms with van der Waals surface area (Å²) in [4.78, 5) is 19.5. The number of imidazole rings is 1. The van der Waals surface area contributed by atoms with Crippen LogP contribution in [0.4, 0.5) is 0 Å².